The van der Waals surface area contributed by atoms with Gasteiger partial charge in [-0.2, -0.15) is 0 Å². The van der Waals surface area contributed by atoms with E-state index in [9.17, 15) is 37.8 Å². The van der Waals surface area contributed by atoms with Gasteiger partial charge in [0.05, 0.1) is 20.2 Å². The maximum absolute atomic E-state index is 12.0. The van der Waals surface area contributed by atoms with Crippen LogP contribution in [0.2, 0.25) is 0 Å². The molecule has 2 aromatic carbocycles. The lowest BCUT2D eigenvalue weighted by atomic mass is 10.3. The molecule has 16 heteroatoms. The number of sulfone groups is 1. The lowest BCUT2D eigenvalue weighted by Crippen LogP contribution is -2.09. The highest BCUT2D eigenvalue weighted by molar-refractivity contribution is 8.05. The summed E-state index contributed by atoms with van der Waals surface area (Å²) in [7, 11) is -6.92. The Morgan fingerprint density at radius 3 is 1.58 bits per heavy atom. The van der Waals surface area contributed by atoms with Crippen molar-refractivity contribution in [1.29, 1.82) is 0 Å². The molecule has 0 saturated heterocycles. The van der Waals surface area contributed by atoms with E-state index in [0.29, 0.717) is 11.7 Å². The highest BCUT2D eigenvalue weighted by atomic mass is 32.2. The molecule has 2 rings (SSSR count). The van der Waals surface area contributed by atoms with Gasteiger partial charge in [0, 0.05) is 55.7 Å². The van der Waals surface area contributed by atoms with E-state index in [4.69, 9.17) is 9.05 Å². The Balaban J connectivity index is 0.000000362. The molecule has 200 valence electrons. The fourth-order valence-corrected chi connectivity index (χ4v) is 10.2. The predicted molar refractivity (Wildman–Crippen MR) is 139 cm³/mol. The molecular formula is C20H28N2O10P2S2. The SMILES string of the molecule is CCP(=O)(CS(=O)(=O)c1ccc([N+](=O)[O-])cc1)OC.CCP(=O)(CSc1ccc([N+](=O)[O-])cc1)OC. The van der Waals surface area contributed by atoms with Crippen LogP contribution in [0.5, 0.6) is 0 Å². The third kappa shape index (κ3) is 9.76. The van der Waals surface area contributed by atoms with Gasteiger partial charge < -0.3 is 9.05 Å². The quantitative estimate of drug-likeness (QED) is 0.127. The van der Waals surface area contributed by atoms with E-state index >= 15 is 0 Å². The zero-order valence-corrected chi connectivity index (χ0v) is 23.6. The molecule has 0 fully saturated rings. The van der Waals surface area contributed by atoms with Gasteiger partial charge in [0.2, 0.25) is 14.7 Å². The van der Waals surface area contributed by atoms with Crippen LogP contribution in [0.3, 0.4) is 0 Å². The number of rotatable bonds is 12. The molecule has 2 atom stereocenters. The minimum absolute atomic E-state index is 0.0553. The van der Waals surface area contributed by atoms with Gasteiger partial charge in [-0.15, -0.1) is 11.8 Å². The highest BCUT2D eigenvalue weighted by Crippen LogP contribution is 2.50. The number of nitro benzene ring substituents is 2. The first kappa shape index (κ1) is 31.9. The van der Waals surface area contributed by atoms with Gasteiger partial charge in [-0.25, -0.2) is 8.42 Å². The van der Waals surface area contributed by atoms with Crippen molar-refractivity contribution in [2.75, 3.05) is 37.5 Å². The average Bonchev–Trinajstić information content (AvgIpc) is 2.87. The number of hydrogen-bond acceptors (Lipinski definition) is 11. The Kier molecular flexibility index (Phi) is 12.4. The molecule has 0 aliphatic heterocycles. The first-order valence-electron chi connectivity index (χ1n) is 10.4. The molecule has 0 heterocycles. The van der Waals surface area contributed by atoms with Gasteiger partial charge in [-0.3, -0.25) is 29.4 Å². The normalized spacial score (nSPS) is 14.6. The van der Waals surface area contributed by atoms with E-state index in [1.807, 2.05) is 6.92 Å². The van der Waals surface area contributed by atoms with E-state index in [-0.39, 0.29) is 22.4 Å². The van der Waals surface area contributed by atoms with Crippen molar-refractivity contribution in [2.24, 2.45) is 0 Å². The molecular weight excluding hydrogens is 554 g/mol. The zero-order chi connectivity index (χ0) is 27.6. The summed E-state index contributed by atoms with van der Waals surface area (Å²) in [6.45, 7) is 3.40. The molecule has 2 aromatic rings. The maximum atomic E-state index is 12.0. The van der Waals surface area contributed by atoms with E-state index in [2.05, 4.69) is 0 Å². The maximum Gasteiger partial charge on any atom is 0.269 e. The Bertz CT molecular complexity index is 1220. The summed E-state index contributed by atoms with van der Waals surface area (Å²) in [5, 5.41) is 20.9. The Hall–Kier alpha value is -2.08. The van der Waals surface area contributed by atoms with Crippen LogP contribution in [0.1, 0.15) is 13.8 Å². The summed E-state index contributed by atoms with van der Waals surface area (Å²) >= 11 is 1.39. The summed E-state index contributed by atoms with van der Waals surface area (Å²) in [6.07, 6.45) is 0.596. The fourth-order valence-electron chi connectivity index (χ4n) is 2.49. The van der Waals surface area contributed by atoms with Gasteiger partial charge in [0.1, 0.15) is 5.49 Å². The lowest BCUT2D eigenvalue weighted by molar-refractivity contribution is -0.385. The Labute approximate surface area is 213 Å². The van der Waals surface area contributed by atoms with Crippen LogP contribution < -0.4 is 0 Å². The topological polar surface area (TPSA) is 173 Å². The molecule has 0 radical (unpaired) electrons. The molecule has 0 spiro atoms. The first-order chi connectivity index (χ1) is 16.7. The molecule has 0 bridgehead atoms. The van der Waals surface area contributed by atoms with E-state index in [0.717, 1.165) is 29.2 Å². The molecule has 0 aromatic heterocycles. The molecule has 0 aliphatic rings. The standard InChI is InChI=1S/C10H14NO6PS.C10H14NO4PS/c1-3-18(14,17-2)8-19(15,16)10-6-4-9(5-7-10)11(12)13;1-3-16(14,15-2)8-17-10-6-4-9(5-7-10)11(12)13/h4-7H,3,8H2,1-2H3;4-7H,3,8H2,1-2H3. The lowest BCUT2D eigenvalue weighted by Gasteiger charge is -2.14. The van der Waals surface area contributed by atoms with Crippen molar-refractivity contribution < 1.29 is 36.4 Å². The second-order valence-electron chi connectivity index (χ2n) is 7.15. The van der Waals surface area contributed by atoms with Crippen LogP contribution in [0.25, 0.3) is 0 Å². The molecule has 0 amide bonds. The van der Waals surface area contributed by atoms with E-state index < -0.39 is 39.9 Å². The van der Waals surface area contributed by atoms with E-state index in [1.165, 1.54) is 38.1 Å². The van der Waals surface area contributed by atoms with Crippen molar-refractivity contribution in [1.82, 2.24) is 0 Å². The number of hydrogen-bond donors (Lipinski definition) is 0. The molecule has 0 aliphatic carbocycles. The van der Waals surface area contributed by atoms with Crippen LogP contribution in [0.4, 0.5) is 11.4 Å². The third-order valence-corrected chi connectivity index (χ3v) is 14.8. The largest absolute Gasteiger partial charge is 0.331 e. The Morgan fingerprint density at radius 1 is 0.806 bits per heavy atom. The molecule has 2 unspecified atom stereocenters. The Morgan fingerprint density at radius 2 is 1.22 bits per heavy atom. The van der Waals surface area contributed by atoms with Crippen LogP contribution >= 0.6 is 26.5 Å². The van der Waals surface area contributed by atoms with Crippen molar-refractivity contribution in [2.45, 2.75) is 23.6 Å². The minimum atomic E-state index is -3.80. The van der Waals surface area contributed by atoms with Gasteiger partial charge >= 0.3 is 0 Å². The number of non-ortho nitro benzene ring substituents is 2. The van der Waals surface area contributed by atoms with Crippen LogP contribution in [-0.4, -0.2) is 55.8 Å². The third-order valence-electron chi connectivity index (χ3n) is 4.88. The van der Waals surface area contributed by atoms with Gasteiger partial charge in [-0.1, -0.05) is 13.8 Å². The van der Waals surface area contributed by atoms with E-state index in [1.54, 1.807) is 19.1 Å². The van der Waals surface area contributed by atoms with Crippen molar-refractivity contribution in [3.8, 4) is 0 Å². The minimum Gasteiger partial charge on any atom is -0.331 e. The summed E-state index contributed by atoms with van der Waals surface area (Å²) in [4.78, 5) is 20.6. The number of thioether (sulfide) groups is 1. The molecule has 0 N–H and O–H groups in total. The average molecular weight is 583 g/mol. The second kappa shape index (κ2) is 14.0. The van der Waals surface area contributed by atoms with Gasteiger partial charge in [-0.05, 0) is 24.3 Å². The van der Waals surface area contributed by atoms with Crippen molar-refractivity contribution in [3.63, 3.8) is 0 Å². The number of benzene rings is 2. The van der Waals surface area contributed by atoms with Crippen molar-refractivity contribution in [3.05, 3.63) is 68.8 Å². The monoisotopic (exact) mass is 582 g/mol. The number of nitro groups is 2. The predicted octanol–water partition coefficient (Wildman–Crippen LogP) is 5.86. The van der Waals surface area contributed by atoms with Crippen molar-refractivity contribution >= 4 is 47.7 Å². The van der Waals surface area contributed by atoms with Crippen LogP contribution in [0, 0.1) is 20.2 Å². The van der Waals surface area contributed by atoms with Crippen LogP contribution in [-0.2, 0) is 28.0 Å². The number of nitrogens with zero attached hydrogens (tertiary/aromatic N) is 2. The van der Waals surface area contributed by atoms with Crippen LogP contribution in [0.15, 0.2) is 58.3 Å². The molecule has 36 heavy (non-hydrogen) atoms. The smallest absolute Gasteiger partial charge is 0.269 e. The second-order valence-corrected chi connectivity index (χ2v) is 16.9. The van der Waals surface area contributed by atoms with Gasteiger partial charge in [0.25, 0.3) is 11.4 Å². The summed E-state index contributed by atoms with van der Waals surface area (Å²) in [5.74, 6) is 0. The van der Waals surface area contributed by atoms with Gasteiger partial charge in [0.15, 0.2) is 9.84 Å². The fraction of sp³-hybridized carbons (Fsp3) is 0.400. The summed E-state index contributed by atoms with van der Waals surface area (Å²) < 4.78 is 57.8. The molecule has 0 saturated carbocycles. The molecule has 12 nitrogen and oxygen atoms in total. The summed E-state index contributed by atoms with van der Waals surface area (Å²) in [6, 6.07) is 10.6. The first-order valence-corrected chi connectivity index (χ1v) is 17.0. The zero-order valence-electron chi connectivity index (χ0n) is 20.1. The summed E-state index contributed by atoms with van der Waals surface area (Å²) in [5.41, 5.74) is -0.369. The highest BCUT2D eigenvalue weighted by Gasteiger charge is 2.29.